The van der Waals surface area contributed by atoms with E-state index >= 15 is 0 Å². The molecule has 18 heavy (non-hydrogen) atoms. The molecule has 0 amide bonds. The number of hydrogen-bond donors (Lipinski definition) is 2. The predicted octanol–water partition coefficient (Wildman–Crippen LogP) is 0.146. The highest BCUT2D eigenvalue weighted by Gasteiger charge is 2.20. The molecule has 2 N–H and O–H groups in total. The van der Waals surface area contributed by atoms with Crippen molar-refractivity contribution < 1.29 is 8.42 Å². The van der Waals surface area contributed by atoms with E-state index in [0.717, 1.165) is 17.8 Å². The van der Waals surface area contributed by atoms with Crippen LogP contribution in [0.5, 0.6) is 0 Å². The lowest BCUT2D eigenvalue weighted by molar-refractivity contribution is 0.559. The number of aryl methyl sites for hydroxylation is 1. The Hall–Kier alpha value is -0.920. The molecule has 0 aliphatic carbocycles. The van der Waals surface area contributed by atoms with Crippen LogP contribution in [0.3, 0.4) is 0 Å². The molecule has 0 saturated carbocycles. The van der Waals surface area contributed by atoms with Crippen LogP contribution in [0.2, 0.25) is 0 Å². The van der Waals surface area contributed by atoms with Crippen LogP contribution in [0.15, 0.2) is 6.20 Å². The van der Waals surface area contributed by atoms with E-state index in [1.165, 1.54) is 0 Å². The molecule has 7 heteroatoms. The molecular formula is C11H22N4O2S. The van der Waals surface area contributed by atoms with Crippen molar-refractivity contribution in [2.75, 3.05) is 13.1 Å². The van der Waals surface area contributed by atoms with Crippen LogP contribution < -0.4 is 10.0 Å². The van der Waals surface area contributed by atoms with Gasteiger partial charge in [-0.1, -0.05) is 6.92 Å². The van der Waals surface area contributed by atoms with Gasteiger partial charge in [0.2, 0.25) is 10.0 Å². The van der Waals surface area contributed by atoms with Crippen molar-refractivity contribution in [2.24, 2.45) is 7.05 Å². The maximum atomic E-state index is 11.9. The number of nitrogens with one attached hydrogen (secondary N) is 2. The largest absolute Gasteiger partial charge is 0.316 e. The monoisotopic (exact) mass is 274 g/mol. The van der Waals surface area contributed by atoms with E-state index in [-0.39, 0.29) is 0 Å². The van der Waals surface area contributed by atoms with Crippen LogP contribution in [0, 0.1) is 6.92 Å². The van der Waals surface area contributed by atoms with Crippen LogP contribution in [-0.4, -0.2) is 36.5 Å². The summed E-state index contributed by atoms with van der Waals surface area (Å²) in [5, 5.41) is 6.66. The topological polar surface area (TPSA) is 76.0 Å². The molecule has 0 saturated heterocycles. The molecule has 1 unspecified atom stereocenters. The molecule has 1 rings (SSSR count). The highest BCUT2D eigenvalue weighted by Crippen LogP contribution is 2.06. The zero-order chi connectivity index (χ0) is 13.8. The molecule has 0 aliphatic heterocycles. The van der Waals surface area contributed by atoms with Crippen molar-refractivity contribution in [3.8, 4) is 0 Å². The zero-order valence-corrected chi connectivity index (χ0v) is 12.2. The molecule has 6 nitrogen and oxygen atoms in total. The van der Waals surface area contributed by atoms with Gasteiger partial charge in [-0.05, 0) is 20.4 Å². The van der Waals surface area contributed by atoms with E-state index in [4.69, 9.17) is 0 Å². The Morgan fingerprint density at radius 2 is 2.17 bits per heavy atom. The van der Waals surface area contributed by atoms with Gasteiger partial charge in [-0.15, -0.1) is 0 Å². The van der Waals surface area contributed by atoms with Crippen molar-refractivity contribution in [3.63, 3.8) is 0 Å². The van der Waals surface area contributed by atoms with Gasteiger partial charge in [0.25, 0.3) is 0 Å². The van der Waals surface area contributed by atoms with Gasteiger partial charge in [0, 0.05) is 31.4 Å². The van der Waals surface area contributed by atoms with Crippen LogP contribution in [0.1, 0.15) is 25.1 Å². The standard InChI is InChI=1S/C11H22N4O2S/c1-5-12-6-9(2)18(16,17)14-8-11-7-13-15(4)10(11)3/h7,9,12,14H,5-6,8H2,1-4H3. The average molecular weight is 274 g/mol. The molecule has 0 spiro atoms. The van der Waals surface area contributed by atoms with E-state index < -0.39 is 15.3 Å². The smallest absolute Gasteiger partial charge is 0.215 e. The molecule has 1 heterocycles. The molecular weight excluding hydrogens is 252 g/mol. The summed E-state index contributed by atoms with van der Waals surface area (Å²) in [6, 6.07) is 0. The summed E-state index contributed by atoms with van der Waals surface area (Å²) in [7, 11) is -1.45. The van der Waals surface area contributed by atoms with E-state index in [1.807, 2.05) is 20.9 Å². The van der Waals surface area contributed by atoms with Crippen molar-refractivity contribution in [2.45, 2.75) is 32.6 Å². The predicted molar refractivity (Wildman–Crippen MR) is 71.7 cm³/mol. The summed E-state index contributed by atoms with van der Waals surface area (Å²) >= 11 is 0. The van der Waals surface area contributed by atoms with Crippen LogP contribution in [0.25, 0.3) is 0 Å². The molecule has 0 radical (unpaired) electrons. The third kappa shape index (κ3) is 3.79. The van der Waals surface area contributed by atoms with Crippen LogP contribution in [-0.2, 0) is 23.6 Å². The second-order valence-electron chi connectivity index (χ2n) is 4.36. The Kier molecular flexibility index (Phi) is 5.30. The van der Waals surface area contributed by atoms with Crippen molar-refractivity contribution in [1.29, 1.82) is 0 Å². The Balaban J connectivity index is 2.59. The van der Waals surface area contributed by atoms with Gasteiger partial charge in [0.15, 0.2) is 0 Å². The Morgan fingerprint density at radius 3 is 2.67 bits per heavy atom. The Labute approximate surface area is 109 Å². The molecule has 104 valence electrons. The van der Waals surface area contributed by atoms with Crippen molar-refractivity contribution in [3.05, 3.63) is 17.5 Å². The minimum absolute atomic E-state index is 0.290. The maximum Gasteiger partial charge on any atom is 0.215 e. The average Bonchev–Trinajstić information content (AvgIpc) is 2.64. The molecule has 0 aliphatic rings. The van der Waals surface area contributed by atoms with Gasteiger partial charge < -0.3 is 5.32 Å². The fourth-order valence-electron chi connectivity index (χ4n) is 1.50. The lowest BCUT2D eigenvalue weighted by Crippen LogP contribution is -2.38. The quantitative estimate of drug-likeness (QED) is 0.742. The Morgan fingerprint density at radius 1 is 1.50 bits per heavy atom. The first kappa shape index (κ1) is 15.1. The van der Waals surface area contributed by atoms with Gasteiger partial charge in [-0.2, -0.15) is 5.10 Å². The normalized spacial score (nSPS) is 13.8. The third-order valence-electron chi connectivity index (χ3n) is 3.01. The molecule has 0 aromatic carbocycles. The molecule has 0 fully saturated rings. The van der Waals surface area contributed by atoms with Crippen LogP contribution >= 0.6 is 0 Å². The first-order valence-electron chi connectivity index (χ1n) is 6.05. The summed E-state index contributed by atoms with van der Waals surface area (Å²) in [4.78, 5) is 0. The van der Waals surface area contributed by atoms with E-state index in [9.17, 15) is 8.42 Å². The summed E-state index contributed by atoms with van der Waals surface area (Å²) in [6.45, 7) is 7.07. The second kappa shape index (κ2) is 6.31. The van der Waals surface area contributed by atoms with Gasteiger partial charge in [-0.3, -0.25) is 4.68 Å². The summed E-state index contributed by atoms with van der Waals surface area (Å²) in [5.74, 6) is 0. The van der Waals surface area contributed by atoms with E-state index in [1.54, 1.807) is 17.8 Å². The third-order valence-corrected chi connectivity index (χ3v) is 4.79. The zero-order valence-electron chi connectivity index (χ0n) is 11.4. The fraction of sp³-hybridized carbons (Fsp3) is 0.727. The molecule has 1 aromatic heterocycles. The minimum atomic E-state index is -3.29. The van der Waals surface area contributed by atoms with E-state index in [2.05, 4.69) is 15.1 Å². The Bertz CT molecular complexity index is 481. The first-order chi connectivity index (χ1) is 8.38. The van der Waals surface area contributed by atoms with E-state index in [0.29, 0.717) is 13.1 Å². The molecule has 1 atom stereocenters. The number of nitrogens with zero attached hydrogens (tertiary/aromatic N) is 2. The highest BCUT2D eigenvalue weighted by atomic mass is 32.2. The number of sulfonamides is 1. The van der Waals surface area contributed by atoms with Gasteiger partial charge in [-0.25, -0.2) is 13.1 Å². The second-order valence-corrected chi connectivity index (χ2v) is 6.55. The lowest BCUT2D eigenvalue weighted by Gasteiger charge is -2.14. The number of rotatable bonds is 7. The maximum absolute atomic E-state index is 11.9. The number of hydrogen-bond acceptors (Lipinski definition) is 4. The fourth-order valence-corrected chi connectivity index (χ4v) is 2.47. The van der Waals surface area contributed by atoms with Crippen molar-refractivity contribution in [1.82, 2.24) is 19.8 Å². The van der Waals surface area contributed by atoms with Gasteiger partial charge >= 0.3 is 0 Å². The molecule has 1 aromatic rings. The van der Waals surface area contributed by atoms with Crippen molar-refractivity contribution >= 4 is 10.0 Å². The SMILES string of the molecule is CCNCC(C)S(=O)(=O)NCc1cnn(C)c1C. The first-order valence-corrected chi connectivity index (χ1v) is 7.59. The summed E-state index contributed by atoms with van der Waals surface area (Å²) < 4.78 is 28.2. The van der Waals surface area contributed by atoms with Gasteiger partial charge in [0.05, 0.1) is 11.4 Å². The van der Waals surface area contributed by atoms with Gasteiger partial charge in [0.1, 0.15) is 0 Å². The lowest BCUT2D eigenvalue weighted by atomic mass is 10.3. The summed E-state index contributed by atoms with van der Waals surface area (Å²) in [6.07, 6.45) is 1.69. The minimum Gasteiger partial charge on any atom is -0.316 e. The van der Waals surface area contributed by atoms with Crippen LogP contribution in [0.4, 0.5) is 0 Å². The summed E-state index contributed by atoms with van der Waals surface area (Å²) in [5.41, 5.74) is 1.87. The number of aromatic nitrogens is 2. The highest BCUT2D eigenvalue weighted by molar-refractivity contribution is 7.90. The molecule has 0 bridgehead atoms.